The van der Waals surface area contributed by atoms with E-state index in [9.17, 15) is 0 Å². The van der Waals surface area contributed by atoms with E-state index in [1.807, 2.05) is 46.6 Å². The monoisotopic (exact) mass is 242 g/mol. The molecule has 0 saturated carbocycles. The van der Waals surface area contributed by atoms with Gasteiger partial charge in [0.1, 0.15) is 5.82 Å². The maximum atomic E-state index is 4.25. The second-order valence-corrected chi connectivity index (χ2v) is 4.10. The molecule has 0 bridgehead atoms. The highest BCUT2D eigenvalue weighted by molar-refractivity contribution is 5.36. The van der Waals surface area contributed by atoms with Crippen molar-refractivity contribution in [3.8, 4) is 0 Å². The molecular weight excluding hydrogens is 228 g/mol. The number of rotatable bonds is 4. The molecule has 3 heterocycles. The zero-order chi connectivity index (χ0) is 12.4. The predicted molar refractivity (Wildman–Crippen MR) is 66.7 cm³/mol. The number of hydrogen-bond acceptors (Lipinski definition) is 4. The van der Waals surface area contributed by atoms with Crippen LogP contribution in [0, 0.1) is 0 Å². The fourth-order valence-corrected chi connectivity index (χ4v) is 1.86. The highest BCUT2D eigenvalue weighted by Gasteiger charge is 2.04. The quantitative estimate of drug-likeness (QED) is 0.733. The molecule has 0 spiro atoms. The van der Waals surface area contributed by atoms with Gasteiger partial charge in [0.05, 0.1) is 13.1 Å². The Kier molecular flexibility index (Phi) is 2.77. The third kappa shape index (κ3) is 1.98. The first-order chi connectivity index (χ1) is 8.84. The molecule has 18 heavy (non-hydrogen) atoms. The van der Waals surface area contributed by atoms with Crippen LogP contribution in [-0.4, -0.2) is 24.1 Å². The number of nitrogens with one attached hydrogen (secondary N) is 1. The van der Waals surface area contributed by atoms with Crippen molar-refractivity contribution in [1.82, 2.24) is 29.5 Å². The van der Waals surface area contributed by atoms with E-state index in [2.05, 4.69) is 20.5 Å². The number of aryl methyl sites for hydroxylation is 1. The summed E-state index contributed by atoms with van der Waals surface area (Å²) in [6.07, 6.45) is 5.69. The lowest BCUT2D eigenvalue weighted by Gasteiger charge is -2.03. The molecule has 0 amide bonds. The number of imidazole rings is 1. The molecule has 0 unspecified atom stereocenters. The lowest BCUT2D eigenvalue weighted by atomic mass is 10.4. The average molecular weight is 242 g/mol. The largest absolute Gasteiger partial charge is 0.337 e. The molecule has 3 rings (SSSR count). The first-order valence-corrected chi connectivity index (χ1v) is 5.80. The van der Waals surface area contributed by atoms with Gasteiger partial charge in [0.25, 0.3) is 0 Å². The van der Waals surface area contributed by atoms with Gasteiger partial charge >= 0.3 is 0 Å². The van der Waals surface area contributed by atoms with Crippen molar-refractivity contribution in [2.45, 2.75) is 13.1 Å². The second kappa shape index (κ2) is 4.58. The van der Waals surface area contributed by atoms with E-state index in [1.165, 1.54) is 0 Å². The van der Waals surface area contributed by atoms with Crippen molar-refractivity contribution in [2.24, 2.45) is 7.05 Å². The van der Waals surface area contributed by atoms with Crippen LogP contribution in [0.25, 0.3) is 5.65 Å². The van der Waals surface area contributed by atoms with E-state index in [1.54, 1.807) is 6.20 Å². The van der Waals surface area contributed by atoms with Crippen LogP contribution in [0.5, 0.6) is 0 Å². The summed E-state index contributed by atoms with van der Waals surface area (Å²) in [5.74, 6) is 1.91. The number of pyridine rings is 1. The molecule has 0 saturated heterocycles. The summed E-state index contributed by atoms with van der Waals surface area (Å²) in [6.45, 7) is 1.38. The SMILES string of the molecule is Cn1ccnc1CNCc1nnc2ccccn12. The fraction of sp³-hybridized carbons (Fsp3) is 0.250. The van der Waals surface area contributed by atoms with E-state index in [0.717, 1.165) is 17.3 Å². The van der Waals surface area contributed by atoms with Crippen LogP contribution in [-0.2, 0) is 20.1 Å². The van der Waals surface area contributed by atoms with E-state index in [4.69, 9.17) is 0 Å². The van der Waals surface area contributed by atoms with Gasteiger partial charge in [-0.1, -0.05) is 6.07 Å². The molecule has 0 aliphatic carbocycles. The number of aromatic nitrogens is 5. The normalized spacial score (nSPS) is 11.2. The lowest BCUT2D eigenvalue weighted by Crippen LogP contribution is -2.17. The zero-order valence-corrected chi connectivity index (χ0v) is 10.1. The standard InChI is InChI=1S/C12H14N6/c1-17-7-5-14-11(17)8-13-9-12-16-15-10-4-2-3-6-18(10)12/h2-7,13H,8-9H2,1H3. The van der Waals surface area contributed by atoms with Crippen molar-refractivity contribution >= 4 is 5.65 Å². The molecule has 0 fully saturated rings. The maximum Gasteiger partial charge on any atom is 0.160 e. The van der Waals surface area contributed by atoms with Crippen LogP contribution in [0.15, 0.2) is 36.8 Å². The van der Waals surface area contributed by atoms with Crippen molar-refractivity contribution in [1.29, 1.82) is 0 Å². The molecule has 3 aromatic rings. The molecule has 3 aromatic heterocycles. The Hall–Kier alpha value is -2.21. The van der Waals surface area contributed by atoms with Gasteiger partial charge in [0.15, 0.2) is 11.5 Å². The predicted octanol–water partition coefficient (Wildman–Crippen LogP) is 0.753. The molecule has 6 heteroatoms. The third-order valence-electron chi connectivity index (χ3n) is 2.87. The third-order valence-corrected chi connectivity index (χ3v) is 2.87. The molecule has 0 aliphatic rings. The van der Waals surface area contributed by atoms with Crippen LogP contribution in [0.1, 0.15) is 11.6 Å². The van der Waals surface area contributed by atoms with Crippen molar-refractivity contribution < 1.29 is 0 Å². The van der Waals surface area contributed by atoms with Gasteiger partial charge in [-0.25, -0.2) is 4.98 Å². The van der Waals surface area contributed by atoms with E-state index < -0.39 is 0 Å². The average Bonchev–Trinajstić information content (AvgIpc) is 2.97. The minimum absolute atomic E-state index is 0.665. The van der Waals surface area contributed by atoms with Gasteiger partial charge in [0.2, 0.25) is 0 Å². The van der Waals surface area contributed by atoms with E-state index >= 15 is 0 Å². The minimum Gasteiger partial charge on any atom is -0.337 e. The van der Waals surface area contributed by atoms with Crippen LogP contribution < -0.4 is 5.32 Å². The summed E-state index contributed by atoms with van der Waals surface area (Å²) < 4.78 is 3.97. The van der Waals surface area contributed by atoms with Gasteiger partial charge < -0.3 is 9.88 Å². The zero-order valence-electron chi connectivity index (χ0n) is 10.1. The van der Waals surface area contributed by atoms with Gasteiger partial charge in [-0.3, -0.25) is 4.40 Å². The van der Waals surface area contributed by atoms with Gasteiger partial charge in [0, 0.05) is 25.6 Å². The Morgan fingerprint density at radius 1 is 1.11 bits per heavy atom. The number of hydrogen-bond donors (Lipinski definition) is 1. The molecule has 92 valence electrons. The first-order valence-electron chi connectivity index (χ1n) is 5.80. The number of fused-ring (bicyclic) bond motifs is 1. The molecule has 6 nitrogen and oxygen atoms in total. The Morgan fingerprint density at radius 2 is 2.00 bits per heavy atom. The maximum absolute atomic E-state index is 4.25. The summed E-state index contributed by atoms with van der Waals surface area (Å²) in [6, 6.07) is 5.86. The second-order valence-electron chi connectivity index (χ2n) is 4.10. The molecule has 1 N–H and O–H groups in total. The van der Waals surface area contributed by atoms with Crippen LogP contribution >= 0.6 is 0 Å². The topological polar surface area (TPSA) is 60.0 Å². The first kappa shape index (κ1) is 10.9. The Balaban J connectivity index is 1.68. The van der Waals surface area contributed by atoms with Crippen LogP contribution in [0.2, 0.25) is 0 Å². The summed E-state index contributed by atoms with van der Waals surface area (Å²) in [7, 11) is 1.98. The summed E-state index contributed by atoms with van der Waals surface area (Å²) >= 11 is 0. The van der Waals surface area contributed by atoms with Crippen LogP contribution in [0.4, 0.5) is 0 Å². The van der Waals surface area contributed by atoms with Crippen molar-refractivity contribution in [3.63, 3.8) is 0 Å². The molecule has 0 aromatic carbocycles. The Bertz CT molecular complexity index is 653. The van der Waals surface area contributed by atoms with Crippen molar-refractivity contribution in [2.75, 3.05) is 0 Å². The molecule has 0 aliphatic heterocycles. The van der Waals surface area contributed by atoms with Gasteiger partial charge in [-0.05, 0) is 12.1 Å². The lowest BCUT2D eigenvalue weighted by molar-refractivity contribution is 0.616. The highest BCUT2D eigenvalue weighted by Crippen LogP contribution is 2.02. The molecule has 0 atom stereocenters. The summed E-state index contributed by atoms with van der Waals surface area (Å²) in [5.41, 5.74) is 0.867. The van der Waals surface area contributed by atoms with E-state index in [-0.39, 0.29) is 0 Å². The van der Waals surface area contributed by atoms with Crippen molar-refractivity contribution in [3.05, 3.63) is 48.4 Å². The highest BCUT2D eigenvalue weighted by atomic mass is 15.3. The fourth-order valence-electron chi connectivity index (χ4n) is 1.86. The summed E-state index contributed by atoms with van der Waals surface area (Å²) in [4.78, 5) is 4.25. The van der Waals surface area contributed by atoms with Gasteiger partial charge in [-0.2, -0.15) is 0 Å². The Morgan fingerprint density at radius 3 is 2.83 bits per heavy atom. The minimum atomic E-state index is 0.665. The van der Waals surface area contributed by atoms with E-state index in [0.29, 0.717) is 13.1 Å². The smallest absolute Gasteiger partial charge is 0.160 e. The summed E-state index contributed by atoms with van der Waals surface area (Å²) in [5, 5.41) is 11.6. The number of nitrogens with zero attached hydrogens (tertiary/aromatic N) is 5. The van der Waals surface area contributed by atoms with Gasteiger partial charge in [-0.15, -0.1) is 10.2 Å². The molecular formula is C12H14N6. The molecule has 0 radical (unpaired) electrons. The Labute approximate surface area is 104 Å². The van der Waals surface area contributed by atoms with Crippen LogP contribution in [0.3, 0.4) is 0 Å².